The Morgan fingerprint density at radius 1 is 1.32 bits per heavy atom. The van der Waals surface area contributed by atoms with E-state index in [0.717, 1.165) is 22.4 Å². The van der Waals surface area contributed by atoms with E-state index < -0.39 is 0 Å². The SMILES string of the molecule is CC(C)Cn1c(CBr)nnc1-c1cc(F)ccc1Br. The first-order valence-electron chi connectivity index (χ1n) is 5.96. The Bertz CT molecular complexity index is 581. The van der Waals surface area contributed by atoms with E-state index in [0.29, 0.717) is 17.1 Å². The summed E-state index contributed by atoms with van der Waals surface area (Å²) in [6.07, 6.45) is 0. The quantitative estimate of drug-likeness (QED) is 0.724. The van der Waals surface area contributed by atoms with Gasteiger partial charge in [0.15, 0.2) is 5.82 Å². The molecule has 0 bridgehead atoms. The minimum atomic E-state index is -0.280. The minimum absolute atomic E-state index is 0.280. The van der Waals surface area contributed by atoms with E-state index in [4.69, 9.17) is 0 Å². The van der Waals surface area contributed by atoms with Crippen molar-refractivity contribution >= 4 is 31.9 Å². The Labute approximate surface area is 128 Å². The molecule has 1 heterocycles. The van der Waals surface area contributed by atoms with Crippen LogP contribution in [0.3, 0.4) is 0 Å². The lowest BCUT2D eigenvalue weighted by molar-refractivity contribution is 0.516. The summed E-state index contributed by atoms with van der Waals surface area (Å²) >= 11 is 6.85. The Hall–Kier alpha value is -0.750. The van der Waals surface area contributed by atoms with Gasteiger partial charge in [0, 0.05) is 16.6 Å². The van der Waals surface area contributed by atoms with Crippen molar-refractivity contribution in [3.8, 4) is 11.4 Å². The molecule has 0 atom stereocenters. The van der Waals surface area contributed by atoms with E-state index in [1.807, 2.05) is 4.57 Å². The van der Waals surface area contributed by atoms with Gasteiger partial charge in [0.1, 0.15) is 11.6 Å². The lowest BCUT2D eigenvalue weighted by atomic mass is 10.2. The van der Waals surface area contributed by atoms with Crippen LogP contribution in [0, 0.1) is 11.7 Å². The topological polar surface area (TPSA) is 30.7 Å². The molecule has 2 rings (SSSR count). The molecule has 0 aliphatic carbocycles. The number of alkyl halides is 1. The molecule has 102 valence electrons. The summed E-state index contributed by atoms with van der Waals surface area (Å²) in [4.78, 5) is 0. The van der Waals surface area contributed by atoms with E-state index >= 15 is 0 Å². The van der Waals surface area contributed by atoms with Crippen LogP contribution in [0.5, 0.6) is 0 Å². The normalized spacial score (nSPS) is 11.3. The van der Waals surface area contributed by atoms with Gasteiger partial charge in [-0.1, -0.05) is 45.7 Å². The van der Waals surface area contributed by atoms with Crippen molar-refractivity contribution in [1.29, 1.82) is 0 Å². The standard InChI is InChI=1S/C13H14Br2FN3/c1-8(2)7-19-12(6-14)17-18-13(19)10-5-9(16)3-4-11(10)15/h3-5,8H,6-7H2,1-2H3. The maximum Gasteiger partial charge on any atom is 0.165 e. The molecule has 0 N–H and O–H groups in total. The summed E-state index contributed by atoms with van der Waals surface area (Å²) in [5.74, 6) is 1.71. The monoisotopic (exact) mass is 389 g/mol. The van der Waals surface area contributed by atoms with E-state index in [2.05, 4.69) is 55.9 Å². The minimum Gasteiger partial charge on any atom is -0.310 e. The van der Waals surface area contributed by atoms with Crippen LogP contribution in [0.15, 0.2) is 22.7 Å². The van der Waals surface area contributed by atoms with E-state index in [9.17, 15) is 4.39 Å². The third kappa shape index (κ3) is 3.23. The van der Waals surface area contributed by atoms with Gasteiger partial charge in [0.2, 0.25) is 0 Å². The van der Waals surface area contributed by atoms with E-state index in [-0.39, 0.29) is 5.82 Å². The summed E-state index contributed by atoms with van der Waals surface area (Å²) in [6, 6.07) is 4.58. The fraction of sp³-hybridized carbons (Fsp3) is 0.385. The molecule has 0 aliphatic rings. The number of nitrogens with zero attached hydrogens (tertiary/aromatic N) is 3. The van der Waals surface area contributed by atoms with Crippen molar-refractivity contribution in [2.24, 2.45) is 5.92 Å². The molecular formula is C13H14Br2FN3. The fourth-order valence-electron chi connectivity index (χ4n) is 1.86. The van der Waals surface area contributed by atoms with Gasteiger partial charge in [-0.15, -0.1) is 10.2 Å². The number of hydrogen-bond donors (Lipinski definition) is 0. The Kier molecular flexibility index (Phi) is 4.73. The predicted molar refractivity (Wildman–Crippen MR) is 80.6 cm³/mol. The second-order valence-electron chi connectivity index (χ2n) is 4.70. The summed E-state index contributed by atoms with van der Waals surface area (Å²) in [5.41, 5.74) is 0.723. The third-order valence-electron chi connectivity index (χ3n) is 2.66. The van der Waals surface area contributed by atoms with Crippen molar-refractivity contribution in [2.45, 2.75) is 25.7 Å². The number of halogens is 3. The maximum atomic E-state index is 13.4. The molecule has 6 heteroatoms. The summed E-state index contributed by atoms with van der Waals surface area (Å²) in [7, 11) is 0. The Balaban J connectivity index is 2.55. The molecule has 0 fully saturated rings. The van der Waals surface area contributed by atoms with Gasteiger partial charge in [-0.25, -0.2) is 4.39 Å². The van der Waals surface area contributed by atoms with Crippen molar-refractivity contribution in [2.75, 3.05) is 0 Å². The number of hydrogen-bond acceptors (Lipinski definition) is 2. The highest BCUT2D eigenvalue weighted by atomic mass is 79.9. The molecule has 0 aliphatic heterocycles. The van der Waals surface area contributed by atoms with Gasteiger partial charge in [-0.05, 0) is 24.1 Å². The molecule has 0 saturated carbocycles. The second kappa shape index (κ2) is 6.13. The summed E-state index contributed by atoms with van der Waals surface area (Å²) in [5, 5.41) is 8.98. The summed E-state index contributed by atoms with van der Waals surface area (Å²) < 4.78 is 16.3. The van der Waals surface area contributed by atoms with Crippen LogP contribution in [0.1, 0.15) is 19.7 Å². The van der Waals surface area contributed by atoms with Crippen LogP contribution >= 0.6 is 31.9 Å². The lowest BCUT2D eigenvalue weighted by Gasteiger charge is -2.12. The zero-order valence-electron chi connectivity index (χ0n) is 10.7. The molecule has 1 aromatic carbocycles. The highest BCUT2D eigenvalue weighted by Gasteiger charge is 2.16. The average Bonchev–Trinajstić information content (AvgIpc) is 2.74. The van der Waals surface area contributed by atoms with E-state index in [1.165, 1.54) is 12.1 Å². The van der Waals surface area contributed by atoms with Gasteiger partial charge >= 0.3 is 0 Å². The van der Waals surface area contributed by atoms with Crippen LogP contribution in [0.2, 0.25) is 0 Å². The van der Waals surface area contributed by atoms with Crippen LogP contribution in [-0.2, 0) is 11.9 Å². The Morgan fingerprint density at radius 2 is 2.05 bits per heavy atom. The molecular weight excluding hydrogens is 377 g/mol. The lowest BCUT2D eigenvalue weighted by Crippen LogP contribution is -2.09. The van der Waals surface area contributed by atoms with Gasteiger partial charge in [-0.2, -0.15) is 0 Å². The van der Waals surface area contributed by atoms with Gasteiger partial charge in [0.05, 0.1) is 5.33 Å². The number of aromatic nitrogens is 3. The average molecular weight is 391 g/mol. The zero-order valence-corrected chi connectivity index (χ0v) is 13.9. The van der Waals surface area contributed by atoms with Crippen molar-refractivity contribution in [3.63, 3.8) is 0 Å². The van der Waals surface area contributed by atoms with Crippen LogP contribution < -0.4 is 0 Å². The van der Waals surface area contributed by atoms with Gasteiger partial charge < -0.3 is 4.57 Å². The first-order valence-corrected chi connectivity index (χ1v) is 7.87. The largest absolute Gasteiger partial charge is 0.310 e. The molecule has 1 aromatic heterocycles. The van der Waals surface area contributed by atoms with Crippen molar-refractivity contribution < 1.29 is 4.39 Å². The summed E-state index contributed by atoms with van der Waals surface area (Å²) in [6.45, 7) is 5.05. The molecule has 19 heavy (non-hydrogen) atoms. The first-order chi connectivity index (χ1) is 9.02. The van der Waals surface area contributed by atoms with Crippen molar-refractivity contribution in [3.05, 3.63) is 34.3 Å². The van der Waals surface area contributed by atoms with Gasteiger partial charge in [0.25, 0.3) is 0 Å². The molecule has 3 nitrogen and oxygen atoms in total. The third-order valence-corrected chi connectivity index (χ3v) is 3.86. The van der Waals surface area contributed by atoms with Crippen LogP contribution in [0.25, 0.3) is 11.4 Å². The van der Waals surface area contributed by atoms with Crippen LogP contribution in [-0.4, -0.2) is 14.8 Å². The molecule has 2 aromatic rings. The molecule has 0 unspecified atom stereocenters. The van der Waals surface area contributed by atoms with Crippen LogP contribution in [0.4, 0.5) is 4.39 Å². The van der Waals surface area contributed by atoms with Gasteiger partial charge in [-0.3, -0.25) is 0 Å². The predicted octanol–water partition coefficient (Wildman–Crippen LogP) is 4.40. The number of benzene rings is 1. The van der Waals surface area contributed by atoms with Crippen molar-refractivity contribution in [1.82, 2.24) is 14.8 Å². The number of rotatable bonds is 4. The molecule has 0 spiro atoms. The maximum absolute atomic E-state index is 13.4. The highest BCUT2D eigenvalue weighted by molar-refractivity contribution is 9.10. The highest BCUT2D eigenvalue weighted by Crippen LogP contribution is 2.29. The fourth-order valence-corrected chi connectivity index (χ4v) is 2.70. The first kappa shape index (κ1) is 14.7. The van der Waals surface area contributed by atoms with E-state index in [1.54, 1.807) is 6.07 Å². The molecule has 0 saturated heterocycles. The zero-order chi connectivity index (χ0) is 14.0. The second-order valence-corrected chi connectivity index (χ2v) is 6.12. The molecule has 0 radical (unpaired) electrons. The molecule has 0 amide bonds. The smallest absolute Gasteiger partial charge is 0.165 e. The Morgan fingerprint density at radius 3 is 2.68 bits per heavy atom.